The first-order chi connectivity index (χ1) is 10.4. The third-order valence-corrected chi connectivity index (χ3v) is 4.36. The third-order valence-electron chi connectivity index (χ3n) is 3.63. The minimum Gasteiger partial charge on any atom is -0.383 e. The Morgan fingerprint density at radius 2 is 2.52 bits per heavy atom. The van der Waals surface area contributed by atoms with Crippen molar-refractivity contribution in [1.29, 1.82) is 0 Å². The van der Waals surface area contributed by atoms with Crippen LogP contribution in [0.5, 0.6) is 0 Å². The fraction of sp³-hybridized carbons (Fsp3) is 0.533. The van der Waals surface area contributed by atoms with Crippen LogP contribution in [0.2, 0.25) is 0 Å². The van der Waals surface area contributed by atoms with E-state index in [1.54, 1.807) is 18.4 Å². The van der Waals surface area contributed by atoms with Gasteiger partial charge in [0.15, 0.2) is 0 Å². The van der Waals surface area contributed by atoms with Crippen LogP contribution >= 0.6 is 11.3 Å². The molecule has 0 amide bonds. The van der Waals surface area contributed by atoms with E-state index in [4.69, 9.17) is 9.47 Å². The summed E-state index contributed by atoms with van der Waals surface area (Å²) in [6.07, 6.45) is 3.13. The summed E-state index contributed by atoms with van der Waals surface area (Å²) in [6, 6.07) is 2.14. The Morgan fingerprint density at radius 1 is 1.57 bits per heavy atom. The molecule has 5 nitrogen and oxygen atoms in total. The van der Waals surface area contributed by atoms with E-state index in [1.807, 2.05) is 4.68 Å². The van der Waals surface area contributed by atoms with Gasteiger partial charge in [-0.3, -0.25) is 4.68 Å². The van der Waals surface area contributed by atoms with Crippen molar-refractivity contribution < 1.29 is 9.47 Å². The van der Waals surface area contributed by atoms with Crippen molar-refractivity contribution in [3.8, 4) is 0 Å². The summed E-state index contributed by atoms with van der Waals surface area (Å²) in [5, 5.41) is 12.4. The van der Waals surface area contributed by atoms with Gasteiger partial charge in [0.05, 0.1) is 25.5 Å². The summed E-state index contributed by atoms with van der Waals surface area (Å²) in [7, 11) is 1.71. The highest BCUT2D eigenvalue weighted by Gasteiger charge is 2.24. The van der Waals surface area contributed by atoms with Crippen LogP contribution in [-0.4, -0.2) is 36.6 Å². The number of ether oxygens (including phenoxy) is 2. The zero-order valence-corrected chi connectivity index (χ0v) is 13.1. The van der Waals surface area contributed by atoms with E-state index >= 15 is 0 Å². The first-order valence-corrected chi connectivity index (χ1v) is 8.19. The largest absolute Gasteiger partial charge is 0.383 e. The molecule has 3 heterocycles. The number of hydrogen-bond donors (Lipinski definition) is 1. The minimum absolute atomic E-state index is 0.0520. The number of nitrogens with one attached hydrogen (secondary N) is 1. The van der Waals surface area contributed by atoms with Crippen LogP contribution in [0.1, 0.15) is 22.9 Å². The van der Waals surface area contributed by atoms with Crippen molar-refractivity contribution in [2.45, 2.75) is 25.6 Å². The van der Waals surface area contributed by atoms with Gasteiger partial charge in [-0.15, -0.1) is 0 Å². The quantitative estimate of drug-likeness (QED) is 0.850. The average Bonchev–Trinajstić information content (AvgIpc) is 3.14. The van der Waals surface area contributed by atoms with Crippen LogP contribution in [0.3, 0.4) is 0 Å². The highest BCUT2D eigenvalue weighted by atomic mass is 32.1. The number of rotatable bonds is 7. The van der Waals surface area contributed by atoms with Gasteiger partial charge in [0.2, 0.25) is 0 Å². The average molecular weight is 307 g/mol. The van der Waals surface area contributed by atoms with Crippen LogP contribution in [0.25, 0.3) is 0 Å². The molecule has 21 heavy (non-hydrogen) atoms. The van der Waals surface area contributed by atoms with Crippen molar-refractivity contribution in [3.05, 3.63) is 39.8 Å². The number of thiophene rings is 1. The molecule has 2 aromatic rings. The molecule has 0 saturated carbocycles. The smallest absolute Gasteiger partial charge is 0.114 e. The van der Waals surface area contributed by atoms with Crippen LogP contribution in [-0.2, 0) is 29.0 Å². The predicted molar refractivity (Wildman–Crippen MR) is 82.5 cm³/mol. The highest BCUT2D eigenvalue weighted by Crippen LogP contribution is 2.25. The lowest BCUT2D eigenvalue weighted by Crippen LogP contribution is -2.27. The normalized spacial score (nSPS) is 17.9. The molecule has 0 unspecified atom stereocenters. The molecular formula is C15H21N3O2S. The van der Waals surface area contributed by atoms with E-state index in [0.29, 0.717) is 6.61 Å². The lowest BCUT2D eigenvalue weighted by molar-refractivity contribution is 0.0392. The highest BCUT2D eigenvalue weighted by molar-refractivity contribution is 7.07. The molecule has 1 aliphatic heterocycles. The lowest BCUT2D eigenvalue weighted by Gasteiger charge is -2.22. The van der Waals surface area contributed by atoms with Crippen molar-refractivity contribution >= 4 is 11.3 Å². The Kier molecular flexibility index (Phi) is 5.03. The number of hydrogen-bond acceptors (Lipinski definition) is 5. The van der Waals surface area contributed by atoms with E-state index in [-0.39, 0.29) is 6.10 Å². The standard InChI is InChI=1S/C15H21N3O2S/c1-19-6-4-18-10-13-2-5-20-14(15(13)17-18)9-16-8-12-3-7-21-11-12/h3,7,10-11,14,16H,2,4-6,8-9H2,1H3/t14-/m0/s1. The van der Waals surface area contributed by atoms with E-state index in [9.17, 15) is 0 Å². The second kappa shape index (κ2) is 7.17. The lowest BCUT2D eigenvalue weighted by atomic mass is 10.1. The Morgan fingerprint density at radius 3 is 3.33 bits per heavy atom. The van der Waals surface area contributed by atoms with E-state index in [1.165, 1.54) is 11.1 Å². The van der Waals surface area contributed by atoms with Crippen LogP contribution in [0, 0.1) is 0 Å². The Bertz CT molecular complexity index is 553. The molecule has 0 spiro atoms. The zero-order valence-electron chi connectivity index (χ0n) is 12.2. The molecule has 0 aromatic carbocycles. The molecule has 0 radical (unpaired) electrons. The molecule has 1 N–H and O–H groups in total. The minimum atomic E-state index is 0.0520. The topological polar surface area (TPSA) is 48.3 Å². The monoisotopic (exact) mass is 307 g/mol. The van der Waals surface area contributed by atoms with Crippen molar-refractivity contribution in [2.75, 3.05) is 26.9 Å². The molecule has 114 valence electrons. The zero-order chi connectivity index (χ0) is 14.5. The third kappa shape index (κ3) is 3.71. The fourth-order valence-corrected chi connectivity index (χ4v) is 3.20. The molecule has 1 atom stereocenters. The van der Waals surface area contributed by atoms with Gasteiger partial charge in [-0.2, -0.15) is 16.4 Å². The SMILES string of the molecule is COCCn1cc2c(n1)[C@H](CNCc1ccsc1)OCC2. The summed E-state index contributed by atoms with van der Waals surface area (Å²) >= 11 is 1.73. The first kappa shape index (κ1) is 14.7. The molecule has 3 rings (SSSR count). The molecule has 0 saturated heterocycles. The molecular weight excluding hydrogens is 286 g/mol. The van der Waals surface area contributed by atoms with Crippen LogP contribution in [0.15, 0.2) is 23.0 Å². The number of aromatic nitrogens is 2. The number of nitrogens with zero attached hydrogens (tertiary/aromatic N) is 2. The second-order valence-electron chi connectivity index (χ2n) is 5.17. The summed E-state index contributed by atoms with van der Waals surface area (Å²) in [5.74, 6) is 0. The maximum atomic E-state index is 5.87. The van der Waals surface area contributed by atoms with Gasteiger partial charge in [0.1, 0.15) is 6.10 Å². The molecule has 1 aliphatic rings. The Hall–Kier alpha value is -1.21. The second-order valence-corrected chi connectivity index (χ2v) is 5.95. The number of methoxy groups -OCH3 is 1. The van der Waals surface area contributed by atoms with Gasteiger partial charge in [-0.25, -0.2) is 0 Å². The van der Waals surface area contributed by atoms with Crippen molar-refractivity contribution in [1.82, 2.24) is 15.1 Å². The molecule has 2 aromatic heterocycles. The van der Waals surface area contributed by atoms with E-state index in [2.05, 4.69) is 33.4 Å². The Labute approximate surface area is 128 Å². The molecule has 0 fully saturated rings. The van der Waals surface area contributed by atoms with Gasteiger partial charge in [0.25, 0.3) is 0 Å². The molecule has 0 bridgehead atoms. The van der Waals surface area contributed by atoms with Crippen molar-refractivity contribution in [2.24, 2.45) is 0 Å². The van der Waals surface area contributed by atoms with Gasteiger partial charge >= 0.3 is 0 Å². The van der Waals surface area contributed by atoms with E-state index in [0.717, 1.165) is 38.4 Å². The first-order valence-electron chi connectivity index (χ1n) is 7.25. The van der Waals surface area contributed by atoms with Crippen LogP contribution in [0.4, 0.5) is 0 Å². The fourth-order valence-electron chi connectivity index (χ4n) is 2.53. The van der Waals surface area contributed by atoms with Gasteiger partial charge < -0.3 is 14.8 Å². The maximum absolute atomic E-state index is 5.87. The van der Waals surface area contributed by atoms with E-state index < -0.39 is 0 Å². The Balaban J connectivity index is 1.58. The van der Waals surface area contributed by atoms with Crippen molar-refractivity contribution in [3.63, 3.8) is 0 Å². The van der Waals surface area contributed by atoms with Gasteiger partial charge in [0, 0.05) is 26.4 Å². The summed E-state index contributed by atoms with van der Waals surface area (Å²) < 4.78 is 12.9. The predicted octanol–water partition coefficient (Wildman–Crippen LogP) is 1.99. The maximum Gasteiger partial charge on any atom is 0.114 e. The molecule has 6 heteroatoms. The summed E-state index contributed by atoms with van der Waals surface area (Å²) in [5.41, 5.74) is 3.71. The van der Waals surface area contributed by atoms with Crippen LogP contribution < -0.4 is 5.32 Å². The number of fused-ring (bicyclic) bond motifs is 1. The van der Waals surface area contributed by atoms with Gasteiger partial charge in [-0.1, -0.05) is 0 Å². The van der Waals surface area contributed by atoms with Gasteiger partial charge in [-0.05, 0) is 34.4 Å². The molecule has 0 aliphatic carbocycles. The summed E-state index contributed by atoms with van der Waals surface area (Å²) in [4.78, 5) is 0. The summed E-state index contributed by atoms with van der Waals surface area (Å²) in [6.45, 7) is 3.92.